The summed E-state index contributed by atoms with van der Waals surface area (Å²) in [6.45, 7) is 6.28. The highest BCUT2D eigenvalue weighted by Crippen LogP contribution is 2.39. The third kappa shape index (κ3) is 2.22. The number of hydrogen-bond acceptors (Lipinski definition) is 3. The van der Waals surface area contributed by atoms with Crippen molar-refractivity contribution >= 4 is 11.7 Å². The first-order valence-electron chi connectivity index (χ1n) is 7.28. The number of benzene rings is 1. The maximum Gasteiger partial charge on any atom is 0.318 e. The highest BCUT2D eigenvalue weighted by atomic mass is 16.5. The maximum atomic E-state index is 11.6. The van der Waals surface area contributed by atoms with E-state index in [1.165, 1.54) is 36.9 Å². The van der Waals surface area contributed by atoms with E-state index >= 15 is 0 Å². The van der Waals surface area contributed by atoms with Crippen LogP contribution in [0.3, 0.4) is 0 Å². The Bertz CT molecular complexity index is 502. The van der Waals surface area contributed by atoms with Crippen molar-refractivity contribution in [1.29, 1.82) is 0 Å². The van der Waals surface area contributed by atoms with E-state index in [0.717, 1.165) is 24.4 Å². The minimum absolute atomic E-state index is 0.119. The second-order valence-electron chi connectivity index (χ2n) is 5.72. The summed E-state index contributed by atoms with van der Waals surface area (Å²) in [5, 5.41) is 0. The second kappa shape index (κ2) is 4.87. The van der Waals surface area contributed by atoms with Crippen LogP contribution < -0.4 is 9.64 Å². The summed E-state index contributed by atoms with van der Waals surface area (Å²) in [7, 11) is 0. The van der Waals surface area contributed by atoms with Gasteiger partial charge in [-0.25, -0.2) is 0 Å². The van der Waals surface area contributed by atoms with E-state index in [9.17, 15) is 4.79 Å². The van der Waals surface area contributed by atoms with Crippen LogP contribution in [-0.4, -0.2) is 19.1 Å². The van der Waals surface area contributed by atoms with Crippen LogP contribution in [0.4, 0.5) is 5.69 Å². The zero-order valence-electron chi connectivity index (χ0n) is 11.7. The smallest absolute Gasteiger partial charge is 0.318 e. The normalized spacial score (nSPS) is 22.9. The fraction of sp³-hybridized carbons (Fsp3) is 0.562. The largest absolute Gasteiger partial charge is 0.426 e. The van der Waals surface area contributed by atoms with Crippen LogP contribution in [0.15, 0.2) is 12.1 Å². The van der Waals surface area contributed by atoms with Gasteiger partial charge in [-0.2, -0.15) is 0 Å². The average molecular weight is 259 g/mol. The van der Waals surface area contributed by atoms with Crippen LogP contribution in [-0.2, 0) is 4.79 Å². The molecular formula is C16H21NO2. The lowest BCUT2D eigenvalue weighted by atomic mass is 9.99. The van der Waals surface area contributed by atoms with Gasteiger partial charge in [0.15, 0.2) is 0 Å². The van der Waals surface area contributed by atoms with Crippen LogP contribution in [0.2, 0.25) is 0 Å². The van der Waals surface area contributed by atoms with Crippen LogP contribution >= 0.6 is 0 Å². The molecule has 0 amide bonds. The Morgan fingerprint density at radius 3 is 2.53 bits per heavy atom. The zero-order valence-corrected chi connectivity index (χ0v) is 11.7. The Labute approximate surface area is 114 Å². The molecule has 0 bridgehead atoms. The molecule has 2 aliphatic rings. The molecule has 2 aliphatic heterocycles. The molecule has 3 heteroatoms. The van der Waals surface area contributed by atoms with Crippen LogP contribution in [0, 0.1) is 6.92 Å². The molecule has 0 aliphatic carbocycles. The number of hydrogen-bond donors (Lipinski definition) is 0. The lowest BCUT2D eigenvalue weighted by Gasteiger charge is -2.25. The Morgan fingerprint density at radius 1 is 1.16 bits per heavy atom. The van der Waals surface area contributed by atoms with Gasteiger partial charge in [0.2, 0.25) is 0 Å². The summed E-state index contributed by atoms with van der Waals surface area (Å²) in [5.74, 6) is 0.525. The third-order valence-corrected chi connectivity index (χ3v) is 4.31. The summed E-state index contributed by atoms with van der Waals surface area (Å²) < 4.78 is 5.37. The van der Waals surface area contributed by atoms with E-state index in [0.29, 0.717) is 0 Å². The molecule has 1 aromatic carbocycles. The first-order valence-corrected chi connectivity index (χ1v) is 7.28. The minimum Gasteiger partial charge on any atom is -0.426 e. The van der Waals surface area contributed by atoms with Gasteiger partial charge in [0.05, 0.1) is 5.92 Å². The topological polar surface area (TPSA) is 29.5 Å². The first-order chi connectivity index (χ1) is 9.16. The van der Waals surface area contributed by atoms with Gasteiger partial charge in [0.1, 0.15) is 5.75 Å². The molecular weight excluding hydrogens is 238 g/mol. The van der Waals surface area contributed by atoms with Crippen molar-refractivity contribution in [2.75, 3.05) is 18.0 Å². The van der Waals surface area contributed by atoms with E-state index in [2.05, 4.69) is 24.0 Å². The van der Waals surface area contributed by atoms with E-state index in [1.54, 1.807) is 0 Å². The van der Waals surface area contributed by atoms with Crippen LogP contribution in [0.25, 0.3) is 0 Å². The minimum atomic E-state index is -0.123. The monoisotopic (exact) mass is 259 g/mol. The lowest BCUT2D eigenvalue weighted by molar-refractivity contribution is -0.133. The Balaban J connectivity index is 1.95. The molecule has 3 nitrogen and oxygen atoms in total. The number of carbonyl (C=O) groups excluding carboxylic acids is 1. The molecule has 102 valence electrons. The summed E-state index contributed by atoms with van der Waals surface area (Å²) in [4.78, 5) is 14.1. The number of aryl methyl sites for hydroxylation is 1. The molecule has 1 atom stereocenters. The predicted octanol–water partition coefficient (Wildman–Crippen LogP) is 3.40. The lowest BCUT2D eigenvalue weighted by Crippen LogP contribution is -2.24. The molecule has 3 rings (SSSR count). The van der Waals surface area contributed by atoms with E-state index in [4.69, 9.17) is 4.74 Å². The summed E-state index contributed by atoms with van der Waals surface area (Å²) in [5.41, 5.74) is 3.54. The molecule has 1 unspecified atom stereocenters. The Morgan fingerprint density at radius 2 is 1.84 bits per heavy atom. The number of esters is 1. The summed E-state index contributed by atoms with van der Waals surface area (Å²) in [6.07, 6.45) is 5.17. The van der Waals surface area contributed by atoms with Gasteiger partial charge in [-0.05, 0) is 38.3 Å². The fourth-order valence-electron chi connectivity index (χ4n) is 3.10. The van der Waals surface area contributed by atoms with Crippen molar-refractivity contribution in [3.63, 3.8) is 0 Å². The molecule has 1 aromatic rings. The number of rotatable bonds is 1. The van der Waals surface area contributed by atoms with Crippen LogP contribution in [0.1, 0.15) is 49.7 Å². The molecule has 0 N–H and O–H groups in total. The van der Waals surface area contributed by atoms with Crippen molar-refractivity contribution in [1.82, 2.24) is 0 Å². The third-order valence-electron chi connectivity index (χ3n) is 4.31. The van der Waals surface area contributed by atoms with Crippen molar-refractivity contribution < 1.29 is 9.53 Å². The van der Waals surface area contributed by atoms with E-state index < -0.39 is 0 Å². The van der Waals surface area contributed by atoms with Gasteiger partial charge in [-0.3, -0.25) is 4.79 Å². The predicted molar refractivity (Wildman–Crippen MR) is 75.9 cm³/mol. The van der Waals surface area contributed by atoms with E-state index in [-0.39, 0.29) is 11.9 Å². The molecule has 1 saturated heterocycles. The highest BCUT2D eigenvalue weighted by molar-refractivity contribution is 5.86. The molecule has 1 fully saturated rings. The molecule has 2 heterocycles. The van der Waals surface area contributed by atoms with Crippen molar-refractivity contribution in [2.45, 2.75) is 45.4 Å². The highest BCUT2D eigenvalue weighted by Gasteiger charge is 2.30. The quantitative estimate of drug-likeness (QED) is 0.572. The molecule has 19 heavy (non-hydrogen) atoms. The molecule has 0 radical (unpaired) electrons. The van der Waals surface area contributed by atoms with Crippen molar-refractivity contribution in [3.05, 3.63) is 23.3 Å². The molecule has 0 saturated carbocycles. The van der Waals surface area contributed by atoms with Gasteiger partial charge in [0, 0.05) is 30.4 Å². The number of carbonyl (C=O) groups is 1. The molecule has 0 spiro atoms. The average Bonchev–Trinajstić information content (AvgIpc) is 2.63. The van der Waals surface area contributed by atoms with Gasteiger partial charge < -0.3 is 9.64 Å². The SMILES string of the molecule is Cc1cc2c(cc1N1CCCCCC1)OC(=O)C2C. The molecule has 0 aromatic heterocycles. The zero-order chi connectivity index (χ0) is 13.4. The number of anilines is 1. The number of nitrogens with zero attached hydrogens (tertiary/aromatic N) is 1. The first kappa shape index (κ1) is 12.5. The van der Waals surface area contributed by atoms with Crippen molar-refractivity contribution in [3.8, 4) is 5.75 Å². The maximum absolute atomic E-state index is 11.6. The van der Waals surface area contributed by atoms with Gasteiger partial charge in [-0.1, -0.05) is 12.8 Å². The number of fused-ring (bicyclic) bond motifs is 1. The van der Waals surface area contributed by atoms with Gasteiger partial charge in [-0.15, -0.1) is 0 Å². The second-order valence-corrected chi connectivity index (χ2v) is 5.72. The Kier molecular flexibility index (Phi) is 3.21. The Hall–Kier alpha value is -1.51. The summed E-state index contributed by atoms with van der Waals surface area (Å²) in [6, 6.07) is 4.20. The number of ether oxygens (including phenoxy) is 1. The van der Waals surface area contributed by atoms with Gasteiger partial charge in [0.25, 0.3) is 0 Å². The standard InChI is InChI=1S/C16H21NO2/c1-11-9-13-12(2)16(18)19-15(13)10-14(11)17-7-5-3-4-6-8-17/h9-10,12H,3-8H2,1-2H3. The van der Waals surface area contributed by atoms with E-state index in [1.807, 2.05) is 6.92 Å². The summed E-state index contributed by atoms with van der Waals surface area (Å²) >= 11 is 0. The van der Waals surface area contributed by atoms with Crippen molar-refractivity contribution in [2.24, 2.45) is 0 Å². The van der Waals surface area contributed by atoms with Crippen LogP contribution in [0.5, 0.6) is 5.75 Å². The van der Waals surface area contributed by atoms with Gasteiger partial charge >= 0.3 is 5.97 Å². The fourth-order valence-corrected chi connectivity index (χ4v) is 3.10.